The molecule has 47 heavy (non-hydrogen) atoms. The number of primary amides is 1. The number of carbonyl (C=O) groups is 4. The quantitative estimate of drug-likeness (QED) is 0.0860. The summed E-state index contributed by atoms with van der Waals surface area (Å²) in [4.78, 5) is 48.0. The lowest BCUT2D eigenvalue weighted by molar-refractivity contribution is -0.355. The number of rotatable bonds is 13. The molecule has 0 saturated carbocycles. The topological polar surface area (TPSA) is 318 Å². The second kappa shape index (κ2) is 16.8. The first-order chi connectivity index (χ1) is 22.0. The normalized spacial score (nSPS) is 41.5. The van der Waals surface area contributed by atoms with Crippen LogP contribution in [-0.2, 0) is 42.9 Å². The minimum absolute atomic E-state index is 0.443. The third-order valence-electron chi connectivity index (χ3n) is 8.14. The molecule has 270 valence electrons. The van der Waals surface area contributed by atoms with E-state index >= 15 is 0 Å². The number of ketones is 1. The number of aliphatic hydroxyl groups is 7. The van der Waals surface area contributed by atoms with Gasteiger partial charge in [0.2, 0.25) is 17.7 Å². The Balaban J connectivity index is 1.88. The molecule has 3 rings (SSSR count). The van der Waals surface area contributed by atoms with Crippen LogP contribution in [0.2, 0.25) is 0 Å². The zero-order chi connectivity index (χ0) is 35.3. The highest BCUT2D eigenvalue weighted by Crippen LogP contribution is 2.32. The molecule has 0 spiro atoms. The summed E-state index contributed by atoms with van der Waals surface area (Å²) in [5.74, 6) is -2.66. The maximum Gasteiger partial charge on any atom is 0.219 e. The molecule has 3 fully saturated rings. The predicted octanol–water partition coefficient (Wildman–Crippen LogP) is -6.83. The Morgan fingerprint density at radius 3 is 1.74 bits per heavy atom. The molecule has 0 aromatic rings. The highest BCUT2D eigenvalue weighted by molar-refractivity contribution is 5.87. The maximum absolute atomic E-state index is 12.2. The maximum atomic E-state index is 12.2. The van der Waals surface area contributed by atoms with Crippen LogP contribution in [0.25, 0.3) is 0 Å². The van der Waals surface area contributed by atoms with Crippen LogP contribution in [-0.4, -0.2) is 170 Å². The summed E-state index contributed by atoms with van der Waals surface area (Å²) in [6, 6.07) is -4.03. The van der Waals surface area contributed by atoms with E-state index in [1.54, 1.807) is 0 Å². The monoisotopic (exact) mass is 682 g/mol. The zero-order valence-electron chi connectivity index (χ0n) is 26.2. The Hall–Kier alpha value is -2.44. The molecule has 15 unspecified atom stereocenters. The third-order valence-corrected chi connectivity index (χ3v) is 8.14. The highest BCUT2D eigenvalue weighted by Gasteiger charge is 2.54. The fourth-order valence-corrected chi connectivity index (χ4v) is 5.70. The van der Waals surface area contributed by atoms with Gasteiger partial charge >= 0.3 is 0 Å². The van der Waals surface area contributed by atoms with Gasteiger partial charge in [0.1, 0.15) is 73.0 Å². The van der Waals surface area contributed by atoms with Crippen molar-refractivity contribution < 1.29 is 78.6 Å². The molecule has 3 amide bonds. The van der Waals surface area contributed by atoms with Crippen LogP contribution in [0.15, 0.2) is 0 Å². The van der Waals surface area contributed by atoms with E-state index in [0.29, 0.717) is 0 Å². The van der Waals surface area contributed by atoms with Gasteiger partial charge < -0.3 is 75.8 Å². The summed E-state index contributed by atoms with van der Waals surface area (Å²) in [7, 11) is 0. The Kier molecular flexibility index (Phi) is 13.9. The summed E-state index contributed by atoms with van der Waals surface area (Å²) >= 11 is 0. The van der Waals surface area contributed by atoms with Crippen LogP contribution in [0.1, 0.15) is 34.1 Å². The molecule has 3 saturated heterocycles. The zero-order valence-corrected chi connectivity index (χ0v) is 26.2. The van der Waals surface area contributed by atoms with E-state index in [1.807, 2.05) is 0 Å². The number of nitrogens with two attached hydrogens (primary N) is 1. The van der Waals surface area contributed by atoms with E-state index in [2.05, 4.69) is 16.0 Å². The van der Waals surface area contributed by atoms with Crippen LogP contribution in [0.3, 0.4) is 0 Å². The van der Waals surface area contributed by atoms with Crippen LogP contribution in [0.4, 0.5) is 0 Å². The highest BCUT2D eigenvalue weighted by atomic mass is 16.7. The summed E-state index contributed by atoms with van der Waals surface area (Å²) < 4.78 is 28.8. The lowest BCUT2D eigenvalue weighted by atomic mass is 9.93. The molecule has 3 aliphatic heterocycles. The first-order valence-electron chi connectivity index (χ1n) is 15.0. The molecule has 20 nitrogen and oxygen atoms in total. The molecule has 0 aliphatic carbocycles. The SMILES string of the molecule is CC(=O)NC1C(N[C@@H](CC(N)=O)C(C)=O)OC(CO)C(OC2OC(CO)C(OC3OC(C)C(O)C(O)C3O)C(O)C2NC(C)=O)C1O. The molecular formula is C27H46N4O16. The summed E-state index contributed by atoms with van der Waals surface area (Å²) in [6.07, 6.45) is -20.4. The van der Waals surface area contributed by atoms with Crippen molar-refractivity contribution in [1.29, 1.82) is 0 Å². The molecular weight excluding hydrogens is 636 g/mol. The van der Waals surface area contributed by atoms with Gasteiger partial charge in [-0.05, 0) is 13.8 Å². The molecule has 3 heterocycles. The van der Waals surface area contributed by atoms with Crippen molar-refractivity contribution in [3.63, 3.8) is 0 Å². The van der Waals surface area contributed by atoms with Gasteiger partial charge in [-0.25, -0.2) is 0 Å². The number of aliphatic hydroxyl groups excluding tert-OH is 7. The lowest BCUT2D eigenvalue weighted by Gasteiger charge is -2.50. The number of carbonyl (C=O) groups excluding carboxylic acids is 4. The molecule has 0 radical (unpaired) electrons. The average Bonchev–Trinajstić information content (AvgIpc) is 2.99. The summed E-state index contributed by atoms with van der Waals surface area (Å²) in [5.41, 5.74) is 5.24. The molecule has 20 heteroatoms. The minimum atomic E-state index is -1.78. The van der Waals surface area contributed by atoms with Crippen molar-refractivity contribution in [3.8, 4) is 0 Å². The van der Waals surface area contributed by atoms with Crippen molar-refractivity contribution in [1.82, 2.24) is 16.0 Å². The van der Waals surface area contributed by atoms with Gasteiger partial charge in [-0.15, -0.1) is 0 Å². The molecule has 3 aliphatic rings. The number of amides is 3. The van der Waals surface area contributed by atoms with E-state index in [1.165, 1.54) is 13.8 Å². The second-order valence-corrected chi connectivity index (χ2v) is 11.8. The van der Waals surface area contributed by atoms with Crippen molar-refractivity contribution >= 4 is 23.5 Å². The van der Waals surface area contributed by atoms with E-state index < -0.39 is 141 Å². The minimum Gasteiger partial charge on any atom is -0.394 e. The van der Waals surface area contributed by atoms with E-state index in [-0.39, 0.29) is 0 Å². The molecule has 0 bridgehead atoms. The van der Waals surface area contributed by atoms with Gasteiger partial charge in [-0.3, -0.25) is 24.5 Å². The molecule has 0 aromatic heterocycles. The van der Waals surface area contributed by atoms with Gasteiger partial charge in [0, 0.05) is 20.3 Å². The number of nitrogens with one attached hydrogen (secondary N) is 3. The van der Waals surface area contributed by atoms with Gasteiger partial charge in [0.05, 0.1) is 31.4 Å². The van der Waals surface area contributed by atoms with Gasteiger partial charge in [0.15, 0.2) is 12.6 Å². The molecule has 16 atom stereocenters. The number of ether oxygens (including phenoxy) is 5. The fourth-order valence-electron chi connectivity index (χ4n) is 5.70. The van der Waals surface area contributed by atoms with Gasteiger partial charge in [-0.1, -0.05) is 0 Å². The molecule has 0 aromatic carbocycles. The first kappa shape index (κ1) is 39.0. The Labute approximate surface area is 269 Å². The predicted molar refractivity (Wildman–Crippen MR) is 152 cm³/mol. The first-order valence-corrected chi connectivity index (χ1v) is 15.0. The van der Waals surface area contributed by atoms with Crippen molar-refractivity contribution in [2.45, 2.75) is 132 Å². The second-order valence-electron chi connectivity index (χ2n) is 11.8. The summed E-state index contributed by atoms with van der Waals surface area (Å²) in [6.45, 7) is 3.21. The standard InChI is InChI=1S/C27H46N4O16/c1-8(34)12(5-15(28)37)31-25-16(29-10(3)35)19(39)23(13(6-32)44-25)46-26-17(30-11(4)36)20(40)24(14(7-33)45-26)47-27-22(42)21(41)18(38)9(2)43-27/h9,12-14,16-27,31-33,38-42H,5-7H2,1-4H3,(H2,28,37)(H,29,35)(H,30,36)/t9?,12-,13?,14?,16?,17?,18?,19?,20?,21?,22?,23?,24?,25?,26?,27?/m0/s1. The fraction of sp³-hybridized carbons (Fsp3) is 0.852. The van der Waals surface area contributed by atoms with E-state index in [4.69, 9.17) is 29.4 Å². The van der Waals surface area contributed by atoms with Crippen molar-refractivity contribution in [2.75, 3.05) is 13.2 Å². The average molecular weight is 683 g/mol. The number of Topliss-reactive ketones (excluding diaryl/α,β-unsaturated/α-hetero) is 1. The number of hydrogen-bond acceptors (Lipinski definition) is 17. The smallest absolute Gasteiger partial charge is 0.219 e. The van der Waals surface area contributed by atoms with Gasteiger partial charge in [0.25, 0.3) is 0 Å². The Morgan fingerprint density at radius 1 is 0.723 bits per heavy atom. The van der Waals surface area contributed by atoms with E-state index in [9.17, 15) is 54.9 Å². The summed E-state index contributed by atoms with van der Waals surface area (Å²) in [5, 5.41) is 81.3. The van der Waals surface area contributed by atoms with Crippen LogP contribution in [0.5, 0.6) is 0 Å². The Bertz CT molecular complexity index is 1100. The van der Waals surface area contributed by atoms with Crippen LogP contribution in [0, 0.1) is 0 Å². The molecule has 12 N–H and O–H groups in total. The Morgan fingerprint density at radius 2 is 1.23 bits per heavy atom. The van der Waals surface area contributed by atoms with Crippen molar-refractivity contribution in [2.24, 2.45) is 5.73 Å². The van der Waals surface area contributed by atoms with Crippen molar-refractivity contribution in [3.05, 3.63) is 0 Å². The largest absolute Gasteiger partial charge is 0.394 e. The van der Waals surface area contributed by atoms with Gasteiger partial charge in [-0.2, -0.15) is 0 Å². The third kappa shape index (κ3) is 9.38. The van der Waals surface area contributed by atoms with Crippen LogP contribution < -0.4 is 21.7 Å². The lowest BCUT2D eigenvalue weighted by Crippen LogP contribution is -2.72. The number of hydrogen-bond donors (Lipinski definition) is 11. The van der Waals surface area contributed by atoms with E-state index in [0.717, 1.165) is 13.8 Å². The van der Waals surface area contributed by atoms with Crippen LogP contribution >= 0.6 is 0 Å².